The number of amides is 1. The van der Waals surface area contributed by atoms with Crippen molar-refractivity contribution in [2.75, 3.05) is 20.6 Å². The number of rotatable bonds is 4. The van der Waals surface area contributed by atoms with E-state index in [2.05, 4.69) is 23.7 Å². The molecule has 0 bridgehead atoms. The molecule has 1 aromatic rings. The van der Waals surface area contributed by atoms with Crippen LogP contribution < -0.4 is 5.32 Å². The highest BCUT2D eigenvalue weighted by Crippen LogP contribution is 2.24. The standard InChI is InChI=1S/C15H26N4O/c1-10(2)8-14-17-12-9-16-7-6-13(12)19(14)11(3)15(20)18(4)5/h10-11,16H,6-9H2,1-5H3. The average molecular weight is 278 g/mol. The van der Waals surface area contributed by atoms with E-state index in [1.807, 2.05) is 21.0 Å². The van der Waals surface area contributed by atoms with E-state index in [0.717, 1.165) is 37.4 Å². The smallest absolute Gasteiger partial charge is 0.244 e. The van der Waals surface area contributed by atoms with Crippen molar-refractivity contribution in [3.05, 3.63) is 17.2 Å². The molecule has 1 aliphatic heterocycles. The van der Waals surface area contributed by atoms with Crippen LogP contribution in [0.3, 0.4) is 0 Å². The molecule has 1 amide bonds. The molecule has 112 valence electrons. The molecule has 1 aliphatic rings. The Morgan fingerprint density at radius 3 is 2.70 bits per heavy atom. The molecule has 20 heavy (non-hydrogen) atoms. The third kappa shape index (κ3) is 2.87. The van der Waals surface area contributed by atoms with Gasteiger partial charge in [-0.3, -0.25) is 4.79 Å². The van der Waals surface area contributed by atoms with Crippen molar-refractivity contribution in [2.24, 2.45) is 5.92 Å². The summed E-state index contributed by atoms with van der Waals surface area (Å²) < 4.78 is 2.18. The molecule has 5 heteroatoms. The van der Waals surface area contributed by atoms with E-state index in [1.54, 1.807) is 4.90 Å². The summed E-state index contributed by atoms with van der Waals surface area (Å²) in [6, 6.07) is -0.173. The average Bonchev–Trinajstić information content (AvgIpc) is 2.73. The lowest BCUT2D eigenvalue weighted by Gasteiger charge is -2.24. The number of carbonyl (C=O) groups excluding carboxylic acids is 1. The number of likely N-dealkylation sites (N-methyl/N-ethyl adjacent to an activating group) is 1. The summed E-state index contributed by atoms with van der Waals surface area (Å²) in [5.74, 6) is 1.72. The highest BCUT2D eigenvalue weighted by Gasteiger charge is 2.27. The normalized spacial score (nSPS) is 16.1. The van der Waals surface area contributed by atoms with Crippen molar-refractivity contribution in [1.29, 1.82) is 0 Å². The van der Waals surface area contributed by atoms with Crippen molar-refractivity contribution in [3.8, 4) is 0 Å². The van der Waals surface area contributed by atoms with Gasteiger partial charge in [0.1, 0.15) is 11.9 Å². The molecule has 2 rings (SSSR count). The summed E-state index contributed by atoms with van der Waals surface area (Å²) >= 11 is 0. The van der Waals surface area contributed by atoms with Gasteiger partial charge >= 0.3 is 0 Å². The Morgan fingerprint density at radius 1 is 1.40 bits per heavy atom. The van der Waals surface area contributed by atoms with Crippen LogP contribution in [0.15, 0.2) is 0 Å². The summed E-state index contributed by atoms with van der Waals surface area (Å²) in [6.07, 6.45) is 1.86. The SMILES string of the molecule is CC(C)Cc1nc2c(n1C(C)C(=O)N(C)C)CCNC2. The van der Waals surface area contributed by atoms with Crippen LogP contribution in [0, 0.1) is 5.92 Å². The molecule has 2 heterocycles. The van der Waals surface area contributed by atoms with Crippen LogP contribution in [0.5, 0.6) is 0 Å². The van der Waals surface area contributed by atoms with E-state index in [1.165, 1.54) is 5.69 Å². The minimum atomic E-state index is -0.173. The quantitative estimate of drug-likeness (QED) is 0.905. The first-order valence-corrected chi connectivity index (χ1v) is 7.42. The predicted molar refractivity (Wildman–Crippen MR) is 79.6 cm³/mol. The van der Waals surface area contributed by atoms with E-state index in [-0.39, 0.29) is 11.9 Å². The molecule has 1 N–H and O–H groups in total. The second-order valence-electron chi connectivity index (χ2n) is 6.22. The Bertz CT molecular complexity index is 490. The Balaban J connectivity index is 2.42. The van der Waals surface area contributed by atoms with Gasteiger partial charge in [0.25, 0.3) is 0 Å². The third-order valence-corrected chi connectivity index (χ3v) is 3.77. The maximum absolute atomic E-state index is 12.3. The van der Waals surface area contributed by atoms with Gasteiger partial charge in [-0.2, -0.15) is 0 Å². The number of nitrogens with zero attached hydrogens (tertiary/aromatic N) is 3. The minimum absolute atomic E-state index is 0.133. The summed E-state index contributed by atoms with van der Waals surface area (Å²) in [5, 5.41) is 3.35. The first-order chi connectivity index (χ1) is 9.41. The monoisotopic (exact) mass is 278 g/mol. The topological polar surface area (TPSA) is 50.2 Å². The molecular weight excluding hydrogens is 252 g/mol. The van der Waals surface area contributed by atoms with Gasteiger partial charge in [-0.15, -0.1) is 0 Å². The fraction of sp³-hybridized carbons (Fsp3) is 0.733. The molecule has 0 aliphatic carbocycles. The molecule has 0 saturated heterocycles. The van der Waals surface area contributed by atoms with E-state index >= 15 is 0 Å². The van der Waals surface area contributed by atoms with Crippen LogP contribution in [0.25, 0.3) is 0 Å². The van der Waals surface area contributed by atoms with Crippen molar-refractivity contribution in [3.63, 3.8) is 0 Å². The van der Waals surface area contributed by atoms with Crippen LogP contribution in [0.1, 0.15) is 44.0 Å². The van der Waals surface area contributed by atoms with Crippen LogP contribution in [-0.2, 0) is 24.2 Å². The number of aromatic nitrogens is 2. The van der Waals surface area contributed by atoms with Crippen LogP contribution in [0.4, 0.5) is 0 Å². The fourth-order valence-electron chi connectivity index (χ4n) is 2.84. The number of fused-ring (bicyclic) bond motifs is 1. The molecule has 5 nitrogen and oxygen atoms in total. The van der Waals surface area contributed by atoms with Gasteiger partial charge < -0.3 is 14.8 Å². The van der Waals surface area contributed by atoms with E-state index in [9.17, 15) is 4.79 Å². The first-order valence-electron chi connectivity index (χ1n) is 7.42. The molecule has 0 spiro atoms. The number of imidazole rings is 1. The molecular formula is C15H26N4O. The number of hydrogen-bond donors (Lipinski definition) is 1. The number of carbonyl (C=O) groups is 1. The molecule has 0 radical (unpaired) electrons. The second-order valence-corrected chi connectivity index (χ2v) is 6.22. The van der Waals surface area contributed by atoms with E-state index in [4.69, 9.17) is 4.98 Å². The van der Waals surface area contributed by atoms with Crippen molar-refractivity contribution in [2.45, 2.75) is 46.2 Å². The van der Waals surface area contributed by atoms with Gasteiger partial charge in [0.2, 0.25) is 5.91 Å². The third-order valence-electron chi connectivity index (χ3n) is 3.77. The number of nitrogens with one attached hydrogen (secondary N) is 1. The Labute approximate surface area is 121 Å². The van der Waals surface area contributed by atoms with Gasteiger partial charge in [0.05, 0.1) is 5.69 Å². The second kappa shape index (κ2) is 5.95. The minimum Gasteiger partial charge on any atom is -0.347 e. The van der Waals surface area contributed by atoms with Gasteiger partial charge in [-0.25, -0.2) is 4.98 Å². The number of hydrogen-bond acceptors (Lipinski definition) is 3. The highest BCUT2D eigenvalue weighted by molar-refractivity contribution is 5.79. The molecule has 1 unspecified atom stereocenters. The van der Waals surface area contributed by atoms with Crippen LogP contribution >= 0.6 is 0 Å². The summed E-state index contributed by atoms with van der Waals surface area (Å²) in [4.78, 5) is 18.8. The summed E-state index contributed by atoms with van der Waals surface area (Å²) in [6.45, 7) is 8.14. The van der Waals surface area contributed by atoms with E-state index < -0.39 is 0 Å². The molecule has 1 aromatic heterocycles. The van der Waals surface area contributed by atoms with Gasteiger partial charge in [0.15, 0.2) is 0 Å². The van der Waals surface area contributed by atoms with Crippen molar-refractivity contribution < 1.29 is 4.79 Å². The van der Waals surface area contributed by atoms with Crippen LogP contribution in [0.2, 0.25) is 0 Å². The lowest BCUT2D eigenvalue weighted by Crippen LogP contribution is -2.33. The van der Waals surface area contributed by atoms with Gasteiger partial charge in [-0.05, 0) is 12.8 Å². The Morgan fingerprint density at radius 2 is 2.10 bits per heavy atom. The first kappa shape index (κ1) is 15.0. The molecule has 0 aromatic carbocycles. The Hall–Kier alpha value is -1.36. The summed E-state index contributed by atoms with van der Waals surface area (Å²) in [5.41, 5.74) is 2.35. The predicted octanol–water partition coefficient (Wildman–Crippen LogP) is 1.38. The zero-order valence-electron chi connectivity index (χ0n) is 13.2. The van der Waals surface area contributed by atoms with Crippen LogP contribution in [-0.4, -0.2) is 41.0 Å². The van der Waals surface area contributed by atoms with Gasteiger partial charge in [-0.1, -0.05) is 13.8 Å². The van der Waals surface area contributed by atoms with Gasteiger partial charge in [0, 0.05) is 45.7 Å². The zero-order chi connectivity index (χ0) is 14.9. The van der Waals surface area contributed by atoms with Crippen molar-refractivity contribution in [1.82, 2.24) is 19.8 Å². The molecule has 0 saturated carbocycles. The zero-order valence-corrected chi connectivity index (χ0v) is 13.2. The van der Waals surface area contributed by atoms with E-state index in [0.29, 0.717) is 5.92 Å². The highest BCUT2D eigenvalue weighted by atomic mass is 16.2. The molecule has 1 atom stereocenters. The Kier molecular flexibility index (Phi) is 4.48. The largest absolute Gasteiger partial charge is 0.347 e. The maximum Gasteiger partial charge on any atom is 0.244 e. The lowest BCUT2D eigenvalue weighted by atomic mass is 10.1. The maximum atomic E-state index is 12.3. The van der Waals surface area contributed by atoms with Crippen molar-refractivity contribution >= 4 is 5.91 Å². The summed E-state index contributed by atoms with van der Waals surface area (Å²) in [7, 11) is 3.62. The molecule has 0 fully saturated rings. The lowest BCUT2D eigenvalue weighted by molar-refractivity contribution is -0.131. The fourth-order valence-corrected chi connectivity index (χ4v) is 2.84.